The fourth-order valence-electron chi connectivity index (χ4n) is 1.69. The Labute approximate surface area is 114 Å². The highest BCUT2D eigenvalue weighted by Gasteiger charge is 2.16. The van der Waals surface area contributed by atoms with Crippen molar-refractivity contribution in [2.24, 2.45) is 0 Å². The summed E-state index contributed by atoms with van der Waals surface area (Å²) < 4.78 is 15.2. The van der Waals surface area contributed by atoms with E-state index in [0.717, 1.165) is 11.3 Å². The van der Waals surface area contributed by atoms with Crippen LogP contribution in [0.4, 0.5) is 0 Å². The molecule has 0 aliphatic carbocycles. The lowest BCUT2D eigenvalue weighted by molar-refractivity contribution is -0.147. The lowest BCUT2D eigenvalue weighted by atomic mass is 10.2. The third kappa shape index (κ3) is 4.89. The van der Waals surface area contributed by atoms with E-state index < -0.39 is 6.29 Å². The molecule has 0 bridgehead atoms. The summed E-state index contributed by atoms with van der Waals surface area (Å²) in [5, 5.41) is 0. The van der Waals surface area contributed by atoms with Gasteiger partial charge in [-0.15, -0.1) is 0 Å². The van der Waals surface area contributed by atoms with E-state index in [-0.39, 0.29) is 12.3 Å². The molecule has 0 saturated carbocycles. The van der Waals surface area contributed by atoms with Gasteiger partial charge in [-0.25, -0.2) is 0 Å². The second kappa shape index (κ2) is 7.76. The summed E-state index contributed by atoms with van der Waals surface area (Å²) in [7, 11) is 6.41. The Balaban J connectivity index is 2.57. The van der Waals surface area contributed by atoms with Crippen LogP contribution < -0.4 is 4.74 Å². The van der Waals surface area contributed by atoms with Gasteiger partial charge in [0, 0.05) is 27.8 Å². The van der Waals surface area contributed by atoms with Gasteiger partial charge in [0.1, 0.15) is 5.75 Å². The van der Waals surface area contributed by atoms with Crippen LogP contribution in [0.15, 0.2) is 24.3 Å². The van der Waals surface area contributed by atoms with Crippen LogP contribution in [0.25, 0.3) is 0 Å². The molecule has 19 heavy (non-hydrogen) atoms. The van der Waals surface area contributed by atoms with Crippen LogP contribution in [0.2, 0.25) is 0 Å². The molecule has 0 radical (unpaired) electrons. The zero-order valence-corrected chi connectivity index (χ0v) is 11.9. The van der Waals surface area contributed by atoms with Gasteiger partial charge in [0.2, 0.25) is 5.91 Å². The van der Waals surface area contributed by atoms with E-state index >= 15 is 0 Å². The number of hydrogen-bond acceptors (Lipinski definition) is 4. The summed E-state index contributed by atoms with van der Waals surface area (Å²) in [4.78, 5) is 13.6. The minimum atomic E-state index is -0.500. The third-order valence-corrected chi connectivity index (χ3v) is 2.85. The highest BCUT2D eigenvalue weighted by Crippen LogP contribution is 2.14. The lowest BCUT2D eigenvalue weighted by Gasteiger charge is -2.20. The molecule has 1 amide bonds. The molecule has 0 aromatic heterocycles. The molecule has 5 nitrogen and oxygen atoms in total. The Hall–Kier alpha value is -1.59. The van der Waals surface area contributed by atoms with Gasteiger partial charge in [-0.3, -0.25) is 4.79 Å². The third-order valence-electron chi connectivity index (χ3n) is 2.85. The molecule has 0 aliphatic rings. The largest absolute Gasteiger partial charge is 0.497 e. The highest BCUT2D eigenvalue weighted by molar-refractivity contribution is 5.76. The highest BCUT2D eigenvalue weighted by atomic mass is 16.7. The van der Waals surface area contributed by atoms with E-state index in [1.165, 1.54) is 14.2 Å². The average Bonchev–Trinajstić information content (AvgIpc) is 2.44. The summed E-state index contributed by atoms with van der Waals surface area (Å²) in [5.74, 6) is 0.751. The van der Waals surface area contributed by atoms with Gasteiger partial charge < -0.3 is 19.1 Å². The summed E-state index contributed by atoms with van der Waals surface area (Å²) in [6, 6.07) is 7.64. The lowest BCUT2D eigenvalue weighted by Crippen LogP contribution is -2.30. The first-order valence-corrected chi connectivity index (χ1v) is 6.03. The van der Waals surface area contributed by atoms with Gasteiger partial charge in [0.25, 0.3) is 0 Å². The van der Waals surface area contributed by atoms with Crippen LogP contribution in [0.1, 0.15) is 12.0 Å². The van der Waals surface area contributed by atoms with Crippen molar-refractivity contribution < 1.29 is 19.0 Å². The fourth-order valence-corrected chi connectivity index (χ4v) is 1.69. The van der Waals surface area contributed by atoms with Gasteiger partial charge in [-0.1, -0.05) is 12.1 Å². The van der Waals surface area contributed by atoms with Crippen molar-refractivity contribution in [3.8, 4) is 5.75 Å². The molecule has 0 aliphatic heterocycles. The van der Waals surface area contributed by atoms with E-state index in [4.69, 9.17) is 14.2 Å². The van der Waals surface area contributed by atoms with Crippen LogP contribution in [-0.4, -0.2) is 45.5 Å². The van der Waals surface area contributed by atoms with Crippen molar-refractivity contribution in [2.75, 3.05) is 28.4 Å². The Kier molecular flexibility index (Phi) is 6.32. The van der Waals surface area contributed by atoms with Crippen molar-refractivity contribution in [3.63, 3.8) is 0 Å². The molecule has 0 saturated heterocycles. The van der Waals surface area contributed by atoms with Gasteiger partial charge in [-0.05, 0) is 17.7 Å². The van der Waals surface area contributed by atoms with Crippen LogP contribution >= 0.6 is 0 Å². The Morgan fingerprint density at radius 3 is 2.53 bits per heavy atom. The predicted molar refractivity (Wildman–Crippen MR) is 71.9 cm³/mol. The maximum absolute atomic E-state index is 12.0. The van der Waals surface area contributed by atoms with Crippen molar-refractivity contribution in [3.05, 3.63) is 29.8 Å². The zero-order chi connectivity index (χ0) is 14.3. The van der Waals surface area contributed by atoms with Crippen molar-refractivity contribution in [2.45, 2.75) is 19.3 Å². The topological polar surface area (TPSA) is 48.0 Å². The molecule has 0 unspecified atom stereocenters. The molecule has 106 valence electrons. The second-order valence-corrected chi connectivity index (χ2v) is 4.21. The molecule has 1 aromatic rings. The number of benzene rings is 1. The van der Waals surface area contributed by atoms with E-state index in [0.29, 0.717) is 6.54 Å². The number of hydrogen-bond donors (Lipinski definition) is 0. The van der Waals surface area contributed by atoms with Gasteiger partial charge in [0.15, 0.2) is 6.29 Å². The Morgan fingerprint density at radius 1 is 1.26 bits per heavy atom. The van der Waals surface area contributed by atoms with E-state index in [2.05, 4.69) is 0 Å². The van der Waals surface area contributed by atoms with Crippen molar-refractivity contribution >= 4 is 5.91 Å². The van der Waals surface area contributed by atoms with Crippen molar-refractivity contribution in [1.29, 1.82) is 0 Å². The monoisotopic (exact) mass is 267 g/mol. The van der Waals surface area contributed by atoms with Gasteiger partial charge in [-0.2, -0.15) is 0 Å². The predicted octanol–water partition coefficient (Wildman–Crippen LogP) is 1.66. The molecule has 1 aromatic carbocycles. The number of rotatable bonds is 7. The normalized spacial score (nSPS) is 10.6. The minimum absolute atomic E-state index is 0.0310. The summed E-state index contributed by atoms with van der Waals surface area (Å²) in [6.07, 6.45) is -0.298. The smallest absolute Gasteiger partial charge is 0.227 e. The fraction of sp³-hybridized carbons (Fsp3) is 0.500. The quantitative estimate of drug-likeness (QED) is 0.705. The number of carbonyl (C=O) groups is 1. The summed E-state index contributed by atoms with van der Waals surface area (Å²) in [6.45, 7) is 0.524. The van der Waals surface area contributed by atoms with Crippen LogP contribution in [0, 0.1) is 0 Å². The molecular weight excluding hydrogens is 246 g/mol. The number of ether oxygens (including phenoxy) is 3. The van der Waals surface area contributed by atoms with Crippen LogP contribution in [0.5, 0.6) is 5.75 Å². The van der Waals surface area contributed by atoms with E-state index in [9.17, 15) is 4.79 Å². The Bertz CT molecular complexity index is 404. The molecule has 0 spiro atoms. The van der Waals surface area contributed by atoms with Crippen LogP contribution in [0.3, 0.4) is 0 Å². The maximum Gasteiger partial charge on any atom is 0.227 e. The van der Waals surface area contributed by atoms with E-state index in [1.807, 2.05) is 24.3 Å². The number of carbonyl (C=O) groups excluding carboxylic acids is 1. The second-order valence-electron chi connectivity index (χ2n) is 4.21. The standard InChI is InChI=1S/C14H21NO4/c1-15(13(16)9-14(18-3)19-4)10-11-6-5-7-12(8-11)17-2/h5-8,14H,9-10H2,1-4H3. The van der Waals surface area contributed by atoms with Crippen molar-refractivity contribution in [1.82, 2.24) is 4.90 Å². The molecule has 0 N–H and O–H groups in total. The molecule has 0 fully saturated rings. The number of nitrogens with zero attached hydrogens (tertiary/aromatic N) is 1. The summed E-state index contributed by atoms with van der Waals surface area (Å²) >= 11 is 0. The first kappa shape index (κ1) is 15.5. The Morgan fingerprint density at radius 2 is 1.95 bits per heavy atom. The molecule has 1 rings (SSSR count). The molecule has 0 heterocycles. The van der Waals surface area contributed by atoms with E-state index in [1.54, 1.807) is 19.1 Å². The van der Waals surface area contributed by atoms with Gasteiger partial charge >= 0.3 is 0 Å². The molecule has 5 heteroatoms. The number of amides is 1. The summed E-state index contributed by atoms with van der Waals surface area (Å²) in [5.41, 5.74) is 1.02. The van der Waals surface area contributed by atoms with Crippen LogP contribution in [-0.2, 0) is 20.8 Å². The number of methoxy groups -OCH3 is 3. The zero-order valence-electron chi connectivity index (χ0n) is 11.9. The maximum atomic E-state index is 12.0. The SMILES string of the molecule is COc1cccc(CN(C)C(=O)CC(OC)OC)c1. The average molecular weight is 267 g/mol. The molecule has 0 atom stereocenters. The first-order chi connectivity index (χ1) is 9.10. The first-order valence-electron chi connectivity index (χ1n) is 6.03. The molecular formula is C14H21NO4. The minimum Gasteiger partial charge on any atom is -0.497 e. The van der Waals surface area contributed by atoms with Gasteiger partial charge in [0.05, 0.1) is 13.5 Å².